The molecule has 1 aromatic rings. The van der Waals surface area contributed by atoms with Gasteiger partial charge in [0.25, 0.3) is 0 Å². The summed E-state index contributed by atoms with van der Waals surface area (Å²) in [5.41, 5.74) is 8.00. The predicted molar refractivity (Wildman–Crippen MR) is 81.6 cm³/mol. The van der Waals surface area contributed by atoms with Gasteiger partial charge in [0.2, 0.25) is 0 Å². The summed E-state index contributed by atoms with van der Waals surface area (Å²) in [6, 6.07) is 8.17. The van der Waals surface area contributed by atoms with E-state index in [9.17, 15) is 0 Å². The highest BCUT2D eigenvalue weighted by atomic mass is 127. The number of halogens is 1. The van der Waals surface area contributed by atoms with Crippen LogP contribution in [0.1, 0.15) is 11.1 Å². The fourth-order valence-corrected chi connectivity index (χ4v) is 1.22. The minimum absolute atomic E-state index is 0. The molecule has 0 radical (unpaired) electrons. The van der Waals surface area contributed by atoms with E-state index in [1.165, 1.54) is 0 Å². The Labute approximate surface area is 120 Å². The zero-order chi connectivity index (χ0) is 12.0. The number of nitrogens with two attached hydrogens (primary N) is 1. The van der Waals surface area contributed by atoms with Crippen molar-refractivity contribution in [2.24, 2.45) is 10.7 Å². The summed E-state index contributed by atoms with van der Waals surface area (Å²) >= 11 is 0. The lowest BCUT2D eigenvalue weighted by atomic mass is 10.1. The molecule has 0 fully saturated rings. The van der Waals surface area contributed by atoms with Crippen LogP contribution in [0.4, 0.5) is 0 Å². The predicted octanol–water partition coefficient (Wildman–Crippen LogP) is 1.83. The second kappa shape index (κ2) is 8.30. The molecule has 0 aliphatic rings. The molecule has 0 amide bonds. The van der Waals surface area contributed by atoms with Crippen molar-refractivity contribution in [3.05, 3.63) is 35.4 Å². The molecule has 17 heavy (non-hydrogen) atoms. The second-order valence-electron chi connectivity index (χ2n) is 3.82. The van der Waals surface area contributed by atoms with Gasteiger partial charge in [-0.1, -0.05) is 24.3 Å². The van der Waals surface area contributed by atoms with Gasteiger partial charge >= 0.3 is 0 Å². The summed E-state index contributed by atoms with van der Waals surface area (Å²) in [7, 11) is 5.44. The molecule has 5 heteroatoms. The minimum Gasteiger partial charge on any atom is -0.380 e. The molecule has 1 rings (SSSR count). The van der Waals surface area contributed by atoms with Gasteiger partial charge in [-0.15, -0.1) is 24.0 Å². The van der Waals surface area contributed by atoms with Crippen molar-refractivity contribution in [3.8, 4) is 0 Å². The molecule has 0 aliphatic heterocycles. The molecule has 0 bridgehead atoms. The van der Waals surface area contributed by atoms with Gasteiger partial charge in [0.1, 0.15) is 0 Å². The number of aliphatic imine (C=N–C) groups is 1. The quantitative estimate of drug-likeness (QED) is 0.513. The first-order valence-electron chi connectivity index (χ1n) is 5.17. The van der Waals surface area contributed by atoms with Crippen LogP contribution in [0.15, 0.2) is 29.3 Å². The highest BCUT2D eigenvalue weighted by Crippen LogP contribution is 2.06. The Morgan fingerprint density at radius 1 is 1.24 bits per heavy atom. The number of rotatable bonds is 4. The Bertz CT molecular complexity index is 349. The Morgan fingerprint density at radius 3 is 2.24 bits per heavy atom. The molecule has 0 saturated heterocycles. The van der Waals surface area contributed by atoms with Crippen LogP contribution < -0.4 is 5.73 Å². The maximum absolute atomic E-state index is 5.70. The molecule has 96 valence electrons. The Kier molecular flexibility index (Phi) is 7.90. The van der Waals surface area contributed by atoms with E-state index in [-0.39, 0.29) is 24.0 Å². The summed E-state index contributed by atoms with van der Waals surface area (Å²) in [6.07, 6.45) is 0. The molecule has 0 unspecified atom stereocenters. The van der Waals surface area contributed by atoms with Crippen molar-refractivity contribution >= 4 is 29.9 Å². The smallest absolute Gasteiger partial charge is 0.191 e. The molecular weight excluding hydrogens is 329 g/mol. The number of nitrogens with zero attached hydrogens (tertiary/aromatic N) is 2. The van der Waals surface area contributed by atoms with Crippen molar-refractivity contribution in [2.45, 2.75) is 13.2 Å². The van der Waals surface area contributed by atoms with Crippen molar-refractivity contribution in [3.63, 3.8) is 0 Å². The Balaban J connectivity index is 0.00000256. The summed E-state index contributed by atoms with van der Waals surface area (Å²) in [6.45, 7) is 1.25. The van der Waals surface area contributed by atoms with Gasteiger partial charge in [0, 0.05) is 21.2 Å². The van der Waals surface area contributed by atoms with Crippen LogP contribution in [0.25, 0.3) is 0 Å². The van der Waals surface area contributed by atoms with Gasteiger partial charge < -0.3 is 15.4 Å². The SMILES string of the molecule is COCc1ccc(CN=C(N)N(C)C)cc1.I. The number of hydrogen-bond donors (Lipinski definition) is 1. The van der Waals surface area contributed by atoms with Crippen LogP contribution in [0.5, 0.6) is 0 Å². The molecule has 0 aromatic heterocycles. The molecule has 0 aliphatic carbocycles. The van der Waals surface area contributed by atoms with Crippen LogP contribution in [0.2, 0.25) is 0 Å². The number of benzene rings is 1. The van der Waals surface area contributed by atoms with Gasteiger partial charge in [-0.3, -0.25) is 0 Å². The van der Waals surface area contributed by atoms with Gasteiger partial charge in [-0.25, -0.2) is 4.99 Å². The van der Waals surface area contributed by atoms with Crippen molar-refractivity contribution < 1.29 is 4.74 Å². The van der Waals surface area contributed by atoms with E-state index in [2.05, 4.69) is 4.99 Å². The fourth-order valence-electron chi connectivity index (χ4n) is 1.22. The monoisotopic (exact) mass is 349 g/mol. The lowest BCUT2D eigenvalue weighted by molar-refractivity contribution is 0.185. The summed E-state index contributed by atoms with van der Waals surface area (Å²) in [4.78, 5) is 6.05. The van der Waals surface area contributed by atoms with Gasteiger partial charge in [-0.05, 0) is 11.1 Å². The Hall–Kier alpha value is -0.820. The van der Waals surface area contributed by atoms with E-state index in [0.717, 1.165) is 11.1 Å². The van der Waals surface area contributed by atoms with Crippen LogP contribution in [-0.2, 0) is 17.9 Å². The lowest BCUT2D eigenvalue weighted by Crippen LogP contribution is -2.30. The average molecular weight is 349 g/mol. The van der Waals surface area contributed by atoms with Crippen LogP contribution in [0, 0.1) is 0 Å². The Morgan fingerprint density at radius 2 is 1.76 bits per heavy atom. The molecule has 1 aromatic carbocycles. The van der Waals surface area contributed by atoms with Crippen molar-refractivity contribution in [1.82, 2.24) is 4.90 Å². The number of hydrogen-bond acceptors (Lipinski definition) is 2. The second-order valence-corrected chi connectivity index (χ2v) is 3.82. The zero-order valence-corrected chi connectivity index (χ0v) is 12.8. The number of ether oxygens (including phenoxy) is 1. The molecule has 4 nitrogen and oxygen atoms in total. The van der Waals surface area contributed by atoms with Crippen LogP contribution in [0.3, 0.4) is 0 Å². The number of methoxy groups -OCH3 is 1. The zero-order valence-electron chi connectivity index (χ0n) is 10.5. The molecule has 2 N–H and O–H groups in total. The topological polar surface area (TPSA) is 50.9 Å². The average Bonchev–Trinajstić information content (AvgIpc) is 2.28. The molecular formula is C12H20IN3O. The van der Waals surface area contributed by atoms with Gasteiger partial charge in [-0.2, -0.15) is 0 Å². The van der Waals surface area contributed by atoms with E-state index < -0.39 is 0 Å². The first-order chi connectivity index (χ1) is 7.63. The van der Waals surface area contributed by atoms with E-state index in [4.69, 9.17) is 10.5 Å². The summed E-state index contributed by atoms with van der Waals surface area (Å²) < 4.78 is 5.04. The van der Waals surface area contributed by atoms with Gasteiger partial charge in [0.15, 0.2) is 5.96 Å². The number of guanidine groups is 1. The minimum atomic E-state index is 0. The van der Waals surface area contributed by atoms with Gasteiger partial charge in [0.05, 0.1) is 13.2 Å². The maximum Gasteiger partial charge on any atom is 0.191 e. The third-order valence-corrected chi connectivity index (χ3v) is 2.22. The summed E-state index contributed by atoms with van der Waals surface area (Å²) in [5.74, 6) is 0.543. The van der Waals surface area contributed by atoms with Crippen molar-refractivity contribution in [1.29, 1.82) is 0 Å². The lowest BCUT2D eigenvalue weighted by Gasteiger charge is -2.10. The third kappa shape index (κ3) is 5.88. The molecule has 0 saturated carbocycles. The highest BCUT2D eigenvalue weighted by molar-refractivity contribution is 14.0. The first-order valence-corrected chi connectivity index (χ1v) is 5.17. The molecule has 0 atom stereocenters. The van der Waals surface area contributed by atoms with E-state index in [1.807, 2.05) is 38.4 Å². The van der Waals surface area contributed by atoms with E-state index in [0.29, 0.717) is 19.1 Å². The first kappa shape index (κ1) is 16.2. The van der Waals surface area contributed by atoms with Crippen LogP contribution in [-0.4, -0.2) is 32.1 Å². The maximum atomic E-state index is 5.70. The van der Waals surface area contributed by atoms with Crippen molar-refractivity contribution in [2.75, 3.05) is 21.2 Å². The third-order valence-electron chi connectivity index (χ3n) is 2.22. The molecule has 0 spiro atoms. The highest BCUT2D eigenvalue weighted by Gasteiger charge is 1.96. The van der Waals surface area contributed by atoms with Crippen LogP contribution >= 0.6 is 24.0 Å². The van der Waals surface area contributed by atoms with E-state index >= 15 is 0 Å². The summed E-state index contributed by atoms with van der Waals surface area (Å²) in [5, 5.41) is 0. The standard InChI is InChI=1S/C12H19N3O.HI/c1-15(2)12(13)14-8-10-4-6-11(7-5-10)9-16-3;/h4-7H,8-9H2,1-3H3,(H2,13,14);1H. The fraction of sp³-hybridized carbons (Fsp3) is 0.417. The normalized spacial score (nSPS) is 10.9. The van der Waals surface area contributed by atoms with E-state index in [1.54, 1.807) is 12.0 Å². The largest absolute Gasteiger partial charge is 0.380 e. The molecule has 0 heterocycles.